The van der Waals surface area contributed by atoms with E-state index in [-0.39, 0.29) is 30.4 Å². The normalized spacial score (nSPS) is 43.9. The van der Waals surface area contributed by atoms with Gasteiger partial charge >= 0.3 is 5.97 Å². The van der Waals surface area contributed by atoms with Crippen LogP contribution in [-0.2, 0) is 23.9 Å². The Kier molecular flexibility index (Phi) is 5.79. The largest absolute Gasteiger partial charge is 0.450 e. The lowest BCUT2D eigenvalue weighted by Crippen LogP contribution is -2.68. The van der Waals surface area contributed by atoms with Crippen molar-refractivity contribution in [2.24, 2.45) is 28.6 Å². The first kappa shape index (κ1) is 24.3. The summed E-state index contributed by atoms with van der Waals surface area (Å²) in [5.41, 5.74) is -5.35. The van der Waals surface area contributed by atoms with E-state index in [4.69, 9.17) is 16.3 Å². The molecule has 0 N–H and O–H groups in total. The number of carbonyl (C=O) groups excluding carboxylic acids is 4. The molecule has 7 atom stereocenters. The second kappa shape index (κ2) is 7.86. The monoisotopic (exact) mass is 478 g/mol. The predicted octanol–water partition coefficient (Wildman–Crippen LogP) is 4.70. The summed E-state index contributed by atoms with van der Waals surface area (Å²) in [6.07, 6.45) is 6.21. The summed E-state index contributed by atoms with van der Waals surface area (Å²) in [5, 5.41) is 0. The average molecular weight is 479 g/mol. The number of Topliss-reactive ketones (excluding diaryl/α,β-unsaturated/α-hetero) is 2. The molecule has 180 valence electrons. The molecule has 5 nitrogen and oxygen atoms in total. The summed E-state index contributed by atoms with van der Waals surface area (Å²) in [6.45, 7) is 7.19. The van der Waals surface area contributed by atoms with E-state index in [1.54, 1.807) is 19.9 Å². The lowest BCUT2D eigenvalue weighted by atomic mass is 9.45. The number of ether oxygens (including phenoxy) is 1. The predicted molar refractivity (Wildman–Crippen MR) is 121 cm³/mol. The van der Waals surface area contributed by atoms with Crippen molar-refractivity contribution in [3.05, 3.63) is 23.8 Å². The van der Waals surface area contributed by atoms with Gasteiger partial charge in [-0.25, -0.2) is 4.39 Å². The van der Waals surface area contributed by atoms with Crippen LogP contribution in [0.4, 0.5) is 4.39 Å². The molecule has 0 aromatic carbocycles. The molecular weight excluding hydrogens is 447 g/mol. The zero-order valence-corrected chi connectivity index (χ0v) is 20.5. The summed E-state index contributed by atoms with van der Waals surface area (Å²) in [5.74, 6) is -3.45. The molecule has 0 radical (unpaired) electrons. The third-order valence-electron chi connectivity index (χ3n) is 9.21. The Morgan fingerprint density at radius 2 is 1.94 bits per heavy atom. The van der Waals surface area contributed by atoms with Gasteiger partial charge in [0.2, 0.25) is 0 Å². The molecule has 0 heterocycles. The van der Waals surface area contributed by atoms with Crippen LogP contribution in [0.2, 0.25) is 0 Å². The van der Waals surface area contributed by atoms with Crippen molar-refractivity contribution in [3.63, 3.8) is 0 Å². The van der Waals surface area contributed by atoms with Crippen LogP contribution in [0.1, 0.15) is 66.2 Å². The van der Waals surface area contributed by atoms with Crippen LogP contribution < -0.4 is 0 Å². The summed E-state index contributed by atoms with van der Waals surface area (Å²) in [6, 6.07) is 0. The van der Waals surface area contributed by atoms with Gasteiger partial charge in [0, 0.05) is 35.5 Å². The number of rotatable bonds is 5. The number of fused-ring (bicyclic) bond motifs is 5. The first-order chi connectivity index (χ1) is 15.4. The van der Waals surface area contributed by atoms with Crippen LogP contribution in [0.5, 0.6) is 0 Å². The Balaban J connectivity index is 1.84. The fourth-order valence-corrected chi connectivity index (χ4v) is 7.86. The number of allylic oxidation sites excluding steroid dienone is 4. The maximum atomic E-state index is 17.1. The van der Waals surface area contributed by atoms with E-state index >= 15 is 4.39 Å². The summed E-state index contributed by atoms with van der Waals surface area (Å²) in [7, 11) is 0. The number of ketones is 3. The van der Waals surface area contributed by atoms with Gasteiger partial charge in [0.25, 0.3) is 0 Å². The summed E-state index contributed by atoms with van der Waals surface area (Å²) in [4.78, 5) is 51.7. The Hall–Kier alpha value is -1.82. The Labute approximate surface area is 199 Å². The fraction of sp³-hybridized carbons (Fsp3) is 0.692. The van der Waals surface area contributed by atoms with Gasteiger partial charge in [0.1, 0.15) is 0 Å². The topological polar surface area (TPSA) is 77.5 Å². The standard InChI is InChI=1S/C26H32ClFO5/c1-5-6-22(32)33-26(21(31)14-27)15(2)11-19-18-8-7-16-12-17(29)9-10-23(16,3)25(18,28)20(30)13-24(19,26)4/h9-10,12,15,18-19H,5-8,11,13-14H2,1-4H3/t15-,18-,19-,23+,24+,25+,26+/m1/s1. The Bertz CT molecular complexity index is 987. The molecule has 0 saturated heterocycles. The highest BCUT2D eigenvalue weighted by atomic mass is 35.5. The van der Waals surface area contributed by atoms with E-state index in [0.29, 0.717) is 31.3 Å². The first-order valence-corrected chi connectivity index (χ1v) is 12.4. The summed E-state index contributed by atoms with van der Waals surface area (Å²) < 4.78 is 23.1. The molecule has 0 unspecified atom stereocenters. The second-order valence-corrected chi connectivity index (χ2v) is 11.0. The van der Waals surface area contributed by atoms with Gasteiger partial charge in [-0.15, -0.1) is 11.6 Å². The molecule has 0 aromatic heterocycles. The van der Waals surface area contributed by atoms with Crippen LogP contribution in [-0.4, -0.2) is 40.5 Å². The minimum atomic E-state index is -2.19. The molecule has 0 amide bonds. The van der Waals surface area contributed by atoms with E-state index in [1.807, 2.05) is 13.8 Å². The van der Waals surface area contributed by atoms with Crippen LogP contribution in [0, 0.1) is 28.6 Å². The number of hydrogen-bond acceptors (Lipinski definition) is 5. The number of esters is 1. The van der Waals surface area contributed by atoms with Gasteiger partial charge in [-0.3, -0.25) is 19.2 Å². The molecular formula is C26H32ClFO5. The van der Waals surface area contributed by atoms with Crippen molar-refractivity contribution < 1.29 is 28.3 Å². The molecule has 4 aliphatic carbocycles. The molecule has 0 aromatic rings. The zero-order chi connectivity index (χ0) is 24.4. The van der Waals surface area contributed by atoms with E-state index < -0.39 is 51.5 Å². The quantitative estimate of drug-likeness (QED) is 0.422. The lowest BCUT2D eigenvalue weighted by molar-refractivity contribution is -0.201. The first-order valence-electron chi connectivity index (χ1n) is 11.9. The van der Waals surface area contributed by atoms with Crippen LogP contribution in [0.3, 0.4) is 0 Å². The maximum absolute atomic E-state index is 17.1. The molecule has 4 aliphatic rings. The Morgan fingerprint density at radius 1 is 1.24 bits per heavy atom. The highest BCUT2D eigenvalue weighted by Gasteiger charge is 2.77. The number of alkyl halides is 2. The van der Waals surface area contributed by atoms with Gasteiger partial charge in [-0.1, -0.05) is 32.4 Å². The molecule has 0 bridgehead atoms. The highest BCUT2D eigenvalue weighted by molar-refractivity contribution is 6.29. The van der Waals surface area contributed by atoms with Crippen molar-refractivity contribution in [2.45, 2.75) is 77.5 Å². The van der Waals surface area contributed by atoms with Crippen LogP contribution >= 0.6 is 11.6 Å². The van der Waals surface area contributed by atoms with Gasteiger partial charge in [-0.05, 0) is 50.7 Å². The van der Waals surface area contributed by atoms with E-state index in [1.165, 1.54) is 12.2 Å². The van der Waals surface area contributed by atoms with Gasteiger partial charge in [0.15, 0.2) is 28.6 Å². The van der Waals surface area contributed by atoms with Crippen molar-refractivity contribution in [3.8, 4) is 0 Å². The van der Waals surface area contributed by atoms with Gasteiger partial charge < -0.3 is 4.74 Å². The molecule has 0 aliphatic heterocycles. The van der Waals surface area contributed by atoms with Crippen molar-refractivity contribution in [1.82, 2.24) is 0 Å². The molecule has 0 spiro atoms. The number of hydrogen-bond donors (Lipinski definition) is 0. The third kappa shape index (κ3) is 2.95. The fourth-order valence-electron chi connectivity index (χ4n) is 7.66. The van der Waals surface area contributed by atoms with Crippen molar-refractivity contribution in [1.29, 1.82) is 0 Å². The zero-order valence-electron chi connectivity index (χ0n) is 19.7. The van der Waals surface area contributed by atoms with Crippen molar-refractivity contribution in [2.75, 3.05) is 5.88 Å². The van der Waals surface area contributed by atoms with Gasteiger partial charge in [0.05, 0.1) is 5.88 Å². The minimum absolute atomic E-state index is 0.153. The Morgan fingerprint density at radius 3 is 2.58 bits per heavy atom. The highest BCUT2D eigenvalue weighted by Crippen LogP contribution is 2.70. The van der Waals surface area contributed by atoms with E-state index in [0.717, 1.165) is 0 Å². The van der Waals surface area contributed by atoms with Crippen LogP contribution in [0.25, 0.3) is 0 Å². The lowest BCUT2D eigenvalue weighted by Gasteiger charge is -2.59. The van der Waals surface area contributed by atoms with Gasteiger partial charge in [-0.2, -0.15) is 0 Å². The molecule has 3 saturated carbocycles. The molecule has 4 rings (SSSR count). The van der Waals surface area contributed by atoms with E-state index in [2.05, 4.69) is 0 Å². The SMILES string of the molecule is CCCC(=O)O[C@]1(C(=O)CCl)[C@H](C)C[C@@H]2[C@H]3CCC4=CC(=O)C=C[C@]4(C)[C@@]3(F)C(=O)C[C@@]21C. The van der Waals surface area contributed by atoms with Crippen LogP contribution in [0.15, 0.2) is 23.8 Å². The van der Waals surface area contributed by atoms with Crippen molar-refractivity contribution >= 4 is 34.9 Å². The number of halogens is 2. The average Bonchev–Trinajstić information content (AvgIpc) is 2.97. The summed E-state index contributed by atoms with van der Waals surface area (Å²) >= 11 is 6.02. The smallest absolute Gasteiger partial charge is 0.306 e. The second-order valence-electron chi connectivity index (χ2n) is 10.7. The van der Waals surface area contributed by atoms with E-state index in [9.17, 15) is 19.2 Å². The maximum Gasteiger partial charge on any atom is 0.306 e. The number of carbonyl (C=O) groups is 4. The minimum Gasteiger partial charge on any atom is -0.450 e. The molecule has 33 heavy (non-hydrogen) atoms. The molecule has 3 fully saturated rings. The third-order valence-corrected chi connectivity index (χ3v) is 9.45. The molecule has 7 heteroatoms.